The van der Waals surface area contributed by atoms with E-state index in [1.807, 2.05) is 36.3 Å². The molecule has 1 N–H and O–H groups in total. The van der Waals surface area contributed by atoms with E-state index in [4.69, 9.17) is 9.15 Å². The SMILES string of the molecule is Cn1cc(CN2CC[C@@H]3C[C@H](C(=O)NCc4ccco4)O[C@H]3C2)cn1. The van der Waals surface area contributed by atoms with E-state index in [1.165, 1.54) is 5.56 Å². The summed E-state index contributed by atoms with van der Waals surface area (Å²) in [5.41, 5.74) is 1.21. The van der Waals surface area contributed by atoms with E-state index < -0.39 is 0 Å². The Morgan fingerprint density at radius 2 is 2.40 bits per heavy atom. The van der Waals surface area contributed by atoms with Gasteiger partial charge in [-0.25, -0.2) is 0 Å². The van der Waals surface area contributed by atoms with E-state index in [0.717, 1.165) is 38.2 Å². The van der Waals surface area contributed by atoms with Gasteiger partial charge >= 0.3 is 0 Å². The summed E-state index contributed by atoms with van der Waals surface area (Å²) in [6.07, 6.45) is 7.26. The van der Waals surface area contributed by atoms with Crippen molar-refractivity contribution in [1.82, 2.24) is 20.0 Å². The number of piperidine rings is 1. The zero-order chi connectivity index (χ0) is 17.2. The molecule has 2 aliphatic rings. The van der Waals surface area contributed by atoms with E-state index in [0.29, 0.717) is 12.5 Å². The number of fused-ring (bicyclic) bond motifs is 1. The Labute approximate surface area is 146 Å². The summed E-state index contributed by atoms with van der Waals surface area (Å²) in [5.74, 6) is 1.19. The molecule has 2 saturated heterocycles. The highest BCUT2D eigenvalue weighted by atomic mass is 16.5. The molecule has 2 aromatic rings. The van der Waals surface area contributed by atoms with Gasteiger partial charge in [0.15, 0.2) is 0 Å². The van der Waals surface area contributed by atoms with Gasteiger partial charge in [0.25, 0.3) is 0 Å². The van der Waals surface area contributed by atoms with Gasteiger partial charge in [-0.3, -0.25) is 14.4 Å². The molecule has 7 nitrogen and oxygen atoms in total. The Morgan fingerprint density at radius 3 is 3.16 bits per heavy atom. The first-order valence-corrected chi connectivity index (χ1v) is 8.83. The third-order valence-electron chi connectivity index (χ3n) is 5.11. The largest absolute Gasteiger partial charge is 0.467 e. The highest BCUT2D eigenvalue weighted by Gasteiger charge is 2.41. The second-order valence-corrected chi connectivity index (χ2v) is 7.00. The smallest absolute Gasteiger partial charge is 0.249 e. The topological polar surface area (TPSA) is 72.5 Å². The minimum absolute atomic E-state index is 0.0374. The molecule has 0 unspecified atom stereocenters. The van der Waals surface area contributed by atoms with Crippen LogP contribution in [0.25, 0.3) is 0 Å². The third kappa shape index (κ3) is 3.77. The number of carbonyl (C=O) groups excluding carboxylic acids is 1. The summed E-state index contributed by atoms with van der Waals surface area (Å²) in [6, 6.07) is 3.67. The van der Waals surface area contributed by atoms with Crippen LogP contribution in [0.15, 0.2) is 35.2 Å². The quantitative estimate of drug-likeness (QED) is 0.885. The van der Waals surface area contributed by atoms with Gasteiger partial charge in [0.05, 0.1) is 25.1 Å². The number of aryl methyl sites for hydroxylation is 1. The van der Waals surface area contributed by atoms with Crippen LogP contribution in [0, 0.1) is 5.92 Å². The van der Waals surface area contributed by atoms with E-state index in [-0.39, 0.29) is 18.1 Å². The van der Waals surface area contributed by atoms with E-state index >= 15 is 0 Å². The second-order valence-electron chi connectivity index (χ2n) is 7.00. The molecule has 0 bridgehead atoms. The molecule has 2 aromatic heterocycles. The van der Waals surface area contributed by atoms with Crippen molar-refractivity contribution in [2.45, 2.75) is 38.1 Å². The van der Waals surface area contributed by atoms with Crippen molar-refractivity contribution in [3.63, 3.8) is 0 Å². The highest BCUT2D eigenvalue weighted by Crippen LogP contribution is 2.33. The number of rotatable bonds is 5. The monoisotopic (exact) mass is 344 g/mol. The molecule has 7 heteroatoms. The van der Waals surface area contributed by atoms with Crippen LogP contribution in [-0.4, -0.2) is 45.9 Å². The number of hydrogen-bond donors (Lipinski definition) is 1. The van der Waals surface area contributed by atoms with Gasteiger partial charge in [0.1, 0.15) is 11.9 Å². The Balaban J connectivity index is 1.28. The number of nitrogens with one attached hydrogen (secondary N) is 1. The normalized spacial score (nSPS) is 26.5. The minimum atomic E-state index is -0.344. The molecule has 0 spiro atoms. The Kier molecular flexibility index (Phi) is 4.59. The maximum absolute atomic E-state index is 12.4. The van der Waals surface area contributed by atoms with Crippen molar-refractivity contribution in [3.8, 4) is 0 Å². The maximum Gasteiger partial charge on any atom is 0.249 e. The zero-order valence-electron chi connectivity index (χ0n) is 14.4. The molecule has 0 aliphatic carbocycles. The van der Waals surface area contributed by atoms with Crippen molar-refractivity contribution >= 4 is 5.91 Å². The lowest BCUT2D eigenvalue weighted by Gasteiger charge is -2.33. The molecule has 3 atom stereocenters. The number of ether oxygens (including phenoxy) is 1. The van der Waals surface area contributed by atoms with E-state index in [1.54, 1.807) is 6.26 Å². The number of aromatic nitrogens is 2. The highest BCUT2D eigenvalue weighted by molar-refractivity contribution is 5.81. The molecule has 0 aromatic carbocycles. The van der Waals surface area contributed by atoms with Crippen LogP contribution in [0.2, 0.25) is 0 Å². The Bertz CT molecular complexity index is 712. The summed E-state index contributed by atoms with van der Waals surface area (Å²) < 4.78 is 13.1. The fraction of sp³-hybridized carbons (Fsp3) is 0.556. The number of nitrogens with zero attached hydrogens (tertiary/aromatic N) is 3. The Morgan fingerprint density at radius 1 is 1.48 bits per heavy atom. The number of hydrogen-bond acceptors (Lipinski definition) is 5. The molecule has 0 saturated carbocycles. The maximum atomic E-state index is 12.4. The van der Waals surface area contributed by atoms with Crippen LogP contribution in [-0.2, 0) is 29.7 Å². The van der Waals surface area contributed by atoms with Crippen molar-refractivity contribution in [1.29, 1.82) is 0 Å². The fourth-order valence-electron chi connectivity index (χ4n) is 3.82. The van der Waals surface area contributed by atoms with Crippen LogP contribution in [0.3, 0.4) is 0 Å². The predicted molar refractivity (Wildman–Crippen MR) is 90.4 cm³/mol. The molecule has 2 aliphatic heterocycles. The predicted octanol–water partition coefficient (Wildman–Crippen LogP) is 1.31. The lowest BCUT2D eigenvalue weighted by molar-refractivity contribution is -0.133. The average molecular weight is 344 g/mol. The van der Waals surface area contributed by atoms with Crippen LogP contribution in [0.5, 0.6) is 0 Å². The van der Waals surface area contributed by atoms with Gasteiger partial charge in [0.2, 0.25) is 5.91 Å². The molecule has 1 amide bonds. The summed E-state index contributed by atoms with van der Waals surface area (Å²) in [6.45, 7) is 3.21. The first kappa shape index (κ1) is 16.4. The summed E-state index contributed by atoms with van der Waals surface area (Å²) in [7, 11) is 1.93. The lowest BCUT2D eigenvalue weighted by Crippen LogP contribution is -2.42. The van der Waals surface area contributed by atoms with Gasteiger partial charge in [-0.15, -0.1) is 0 Å². The van der Waals surface area contributed by atoms with Gasteiger partial charge in [0, 0.05) is 31.9 Å². The summed E-state index contributed by atoms with van der Waals surface area (Å²) in [4.78, 5) is 14.7. The fourth-order valence-corrected chi connectivity index (χ4v) is 3.82. The molecule has 4 rings (SSSR count). The molecule has 134 valence electrons. The van der Waals surface area contributed by atoms with Gasteiger partial charge < -0.3 is 14.5 Å². The third-order valence-corrected chi connectivity index (χ3v) is 5.11. The number of furan rings is 1. The molecule has 4 heterocycles. The molecular formula is C18H24N4O3. The van der Waals surface area contributed by atoms with Gasteiger partial charge in [-0.05, 0) is 37.4 Å². The van der Waals surface area contributed by atoms with Gasteiger partial charge in [-0.1, -0.05) is 0 Å². The summed E-state index contributed by atoms with van der Waals surface area (Å²) in [5, 5.41) is 7.13. The van der Waals surface area contributed by atoms with Gasteiger partial charge in [-0.2, -0.15) is 5.10 Å². The van der Waals surface area contributed by atoms with Crippen molar-refractivity contribution in [2.75, 3.05) is 13.1 Å². The van der Waals surface area contributed by atoms with Crippen LogP contribution >= 0.6 is 0 Å². The van der Waals surface area contributed by atoms with E-state index in [9.17, 15) is 4.79 Å². The minimum Gasteiger partial charge on any atom is -0.467 e. The number of amides is 1. The lowest BCUT2D eigenvalue weighted by atomic mass is 9.91. The standard InChI is InChI=1S/C18H24N4O3/c1-21-10-13(8-20-21)11-22-5-4-14-7-16(25-17(14)12-22)18(23)19-9-15-3-2-6-24-15/h2-3,6,8,10,14,16-17H,4-5,7,9,11-12H2,1H3,(H,19,23)/t14-,16-,17+/m1/s1. The number of likely N-dealkylation sites (tertiary alicyclic amines) is 1. The Hall–Kier alpha value is -2.12. The molecule has 2 fully saturated rings. The van der Waals surface area contributed by atoms with Crippen molar-refractivity contribution in [2.24, 2.45) is 13.0 Å². The number of carbonyl (C=O) groups is 1. The molecule has 25 heavy (non-hydrogen) atoms. The molecule has 0 radical (unpaired) electrons. The van der Waals surface area contributed by atoms with E-state index in [2.05, 4.69) is 15.3 Å². The van der Waals surface area contributed by atoms with Crippen LogP contribution in [0.1, 0.15) is 24.2 Å². The van der Waals surface area contributed by atoms with Crippen molar-refractivity contribution < 1.29 is 13.9 Å². The average Bonchev–Trinajstić information content (AvgIpc) is 3.33. The summed E-state index contributed by atoms with van der Waals surface area (Å²) >= 11 is 0. The van der Waals surface area contributed by atoms with Crippen LogP contribution in [0.4, 0.5) is 0 Å². The zero-order valence-corrected chi connectivity index (χ0v) is 14.4. The first-order chi connectivity index (χ1) is 12.2. The van der Waals surface area contributed by atoms with Crippen molar-refractivity contribution in [3.05, 3.63) is 42.1 Å². The molecular weight excluding hydrogens is 320 g/mol. The first-order valence-electron chi connectivity index (χ1n) is 8.83. The van der Waals surface area contributed by atoms with Crippen LogP contribution < -0.4 is 5.32 Å². The second kappa shape index (κ2) is 7.01.